The molecule has 1 aliphatic carbocycles. The van der Waals surface area contributed by atoms with E-state index in [1.54, 1.807) is 4.68 Å². The Morgan fingerprint density at radius 3 is 2.67 bits per heavy atom. The van der Waals surface area contributed by atoms with Crippen molar-refractivity contribution in [3.8, 4) is 5.82 Å². The predicted molar refractivity (Wildman–Crippen MR) is 68.4 cm³/mol. The van der Waals surface area contributed by atoms with E-state index >= 15 is 0 Å². The van der Waals surface area contributed by atoms with Crippen LogP contribution in [0.4, 0.5) is 5.82 Å². The van der Waals surface area contributed by atoms with Gasteiger partial charge in [0.15, 0.2) is 5.82 Å². The number of nitrogens with two attached hydrogens (primary N) is 1. The van der Waals surface area contributed by atoms with Gasteiger partial charge in [0.2, 0.25) is 0 Å². The van der Waals surface area contributed by atoms with Crippen molar-refractivity contribution >= 4 is 5.82 Å². The van der Waals surface area contributed by atoms with Gasteiger partial charge in [0, 0.05) is 17.7 Å². The molecule has 0 radical (unpaired) electrons. The molecule has 0 atom stereocenters. The van der Waals surface area contributed by atoms with Crippen LogP contribution in [0.1, 0.15) is 35.8 Å². The van der Waals surface area contributed by atoms with Crippen LogP contribution in [0.3, 0.4) is 0 Å². The van der Waals surface area contributed by atoms with Crippen LogP contribution in [0, 0.1) is 13.8 Å². The van der Waals surface area contributed by atoms with Crippen LogP contribution in [-0.4, -0.2) is 19.7 Å². The van der Waals surface area contributed by atoms with Crippen LogP contribution in [0.5, 0.6) is 0 Å². The monoisotopic (exact) mass is 244 g/mol. The molecule has 0 bridgehead atoms. The molecule has 2 aromatic heterocycles. The molecule has 6 nitrogen and oxygen atoms in total. The number of rotatable bonds is 3. The van der Waals surface area contributed by atoms with E-state index in [0.29, 0.717) is 11.7 Å². The van der Waals surface area contributed by atoms with Crippen LogP contribution >= 0.6 is 0 Å². The van der Waals surface area contributed by atoms with Gasteiger partial charge in [0.05, 0.1) is 5.69 Å². The number of nitrogens with zero attached hydrogens (tertiary/aromatic N) is 4. The van der Waals surface area contributed by atoms with Gasteiger partial charge in [0.25, 0.3) is 0 Å². The molecule has 0 aliphatic heterocycles. The van der Waals surface area contributed by atoms with Gasteiger partial charge < -0.3 is 5.43 Å². The SMILES string of the molecule is Cc1ccn(-c2nc(C3CC3)nc(NN)c2C)n1. The van der Waals surface area contributed by atoms with Crippen molar-refractivity contribution in [2.24, 2.45) is 5.84 Å². The fraction of sp³-hybridized carbons (Fsp3) is 0.417. The third-order valence-electron chi connectivity index (χ3n) is 3.16. The van der Waals surface area contributed by atoms with Gasteiger partial charge >= 0.3 is 0 Å². The molecule has 6 heteroatoms. The zero-order valence-electron chi connectivity index (χ0n) is 10.5. The lowest BCUT2D eigenvalue weighted by atomic mass is 10.3. The maximum atomic E-state index is 5.52. The Bertz CT molecular complexity index is 584. The number of hydrazine groups is 1. The van der Waals surface area contributed by atoms with Crippen molar-refractivity contribution in [2.75, 3.05) is 5.43 Å². The second-order valence-corrected chi connectivity index (χ2v) is 4.70. The minimum atomic E-state index is 0.480. The van der Waals surface area contributed by atoms with Crippen LogP contribution < -0.4 is 11.3 Å². The van der Waals surface area contributed by atoms with E-state index in [0.717, 1.165) is 35.7 Å². The summed E-state index contributed by atoms with van der Waals surface area (Å²) in [5, 5.41) is 4.40. The molecule has 0 spiro atoms. The third kappa shape index (κ3) is 1.84. The average molecular weight is 244 g/mol. The van der Waals surface area contributed by atoms with Crippen molar-refractivity contribution in [1.29, 1.82) is 0 Å². The molecule has 1 aliphatic rings. The number of aromatic nitrogens is 4. The Balaban J connectivity index is 2.14. The minimum absolute atomic E-state index is 0.480. The Kier molecular flexibility index (Phi) is 2.52. The first-order valence-corrected chi connectivity index (χ1v) is 6.07. The van der Waals surface area contributed by atoms with Crippen molar-refractivity contribution < 1.29 is 0 Å². The van der Waals surface area contributed by atoms with E-state index in [4.69, 9.17) is 5.84 Å². The molecule has 3 rings (SSSR count). The Morgan fingerprint density at radius 2 is 2.11 bits per heavy atom. The topological polar surface area (TPSA) is 81.7 Å². The lowest BCUT2D eigenvalue weighted by Crippen LogP contribution is -2.15. The molecule has 0 unspecified atom stereocenters. The van der Waals surface area contributed by atoms with Crippen molar-refractivity contribution in [3.63, 3.8) is 0 Å². The second-order valence-electron chi connectivity index (χ2n) is 4.70. The van der Waals surface area contributed by atoms with Crippen LogP contribution in [0.2, 0.25) is 0 Å². The predicted octanol–water partition coefficient (Wildman–Crippen LogP) is 1.44. The Hall–Kier alpha value is -1.95. The fourth-order valence-corrected chi connectivity index (χ4v) is 1.94. The summed E-state index contributed by atoms with van der Waals surface area (Å²) < 4.78 is 1.78. The first-order chi connectivity index (χ1) is 8.69. The number of hydrogen-bond donors (Lipinski definition) is 2. The maximum absolute atomic E-state index is 5.52. The number of nitrogens with one attached hydrogen (secondary N) is 1. The van der Waals surface area contributed by atoms with E-state index in [1.165, 1.54) is 0 Å². The van der Waals surface area contributed by atoms with Gasteiger partial charge in [-0.25, -0.2) is 20.5 Å². The summed E-state index contributed by atoms with van der Waals surface area (Å²) in [5.74, 6) is 8.34. The number of anilines is 1. The van der Waals surface area contributed by atoms with Gasteiger partial charge in [0.1, 0.15) is 11.6 Å². The quantitative estimate of drug-likeness (QED) is 0.630. The third-order valence-corrected chi connectivity index (χ3v) is 3.16. The van der Waals surface area contributed by atoms with Gasteiger partial charge in [-0.1, -0.05) is 0 Å². The van der Waals surface area contributed by atoms with Crippen molar-refractivity contribution in [2.45, 2.75) is 32.6 Å². The molecule has 0 amide bonds. The molecule has 3 N–H and O–H groups in total. The fourth-order valence-electron chi connectivity index (χ4n) is 1.94. The normalized spacial score (nSPS) is 14.8. The molecular formula is C12H16N6. The first-order valence-electron chi connectivity index (χ1n) is 6.07. The Morgan fingerprint density at radius 1 is 1.33 bits per heavy atom. The second kappa shape index (κ2) is 4.06. The minimum Gasteiger partial charge on any atom is -0.308 e. The summed E-state index contributed by atoms with van der Waals surface area (Å²) in [4.78, 5) is 9.08. The van der Waals surface area contributed by atoms with E-state index in [9.17, 15) is 0 Å². The average Bonchev–Trinajstić information content (AvgIpc) is 3.12. The number of aryl methyl sites for hydroxylation is 1. The van der Waals surface area contributed by atoms with E-state index in [2.05, 4.69) is 20.5 Å². The zero-order valence-corrected chi connectivity index (χ0v) is 10.5. The van der Waals surface area contributed by atoms with Gasteiger partial charge in [-0.3, -0.25) is 0 Å². The summed E-state index contributed by atoms with van der Waals surface area (Å²) in [5.41, 5.74) is 4.51. The lowest BCUT2D eigenvalue weighted by molar-refractivity contribution is 0.791. The summed E-state index contributed by atoms with van der Waals surface area (Å²) in [7, 11) is 0. The van der Waals surface area contributed by atoms with Crippen LogP contribution in [-0.2, 0) is 0 Å². The zero-order chi connectivity index (χ0) is 12.7. The summed E-state index contributed by atoms with van der Waals surface area (Å²) in [6.07, 6.45) is 4.22. The molecule has 18 heavy (non-hydrogen) atoms. The lowest BCUT2D eigenvalue weighted by Gasteiger charge is -2.11. The number of hydrogen-bond acceptors (Lipinski definition) is 5. The highest BCUT2D eigenvalue weighted by Gasteiger charge is 2.28. The highest BCUT2D eigenvalue weighted by atomic mass is 15.3. The molecule has 1 saturated carbocycles. The smallest absolute Gasteiger partial charge is 0.162 e. The van der Waals surface area contributed by atoms with Gasteiger partial charge in [-0.2, -0.15) is 5.10 Å². The highest BCUT2D eigenvalue weighted by Crippen LogP contribution is 2.39. The van der Waals surface area contributed by atoms with E-state index in [1.807, 2.05) is 26.1 Å². The van der Waals surface area contributed by atoms with E-state index in [-0.39, 0.29) is 0 Å². The van der Waals surface area contributed by atoms with Gasteiger partial charge in [-0.05, 0) is 32.8 Å². The first kappa shape index (κ1) is 11.2. The molecule has 1 fully saturated rings. The van der Waals surface area contributed by atoms with Crippen LogP contribution in [0.25, 0.3) is 5.82 Å². The van der Waals surface area contributed by atoms with Crippen LogP contribution in [0.15, 0.2) is 12.3 Å². The molecule has 94 valence electrons. The summed E-state index contributed by atoms with van der Waals surface area (Å²) in [6, 6.07) is 1.95. The molecule has 0 aromatic carbocycles. The van der Waals surface area contributed by atoms with Crippen molar-refractivity contribution in [3.05, 3.63) is 29.3 Å². The molecular weight excluding hydrogens is 228 g/mol. The largest absolute Gasteiger partial charge is 0.308 e. The number of nitrogen functional groups attached to an aromatic ring is 1. The standard InChI is InChI=1S/C12H16N6/c1-7-5-6-18(17-7)12-8(2)10(16-13)14-11(15-12)9-3-4-9/h5-6,9H,3-4,13H2,1-2H3,(H,14,15,16). The van der Waals surface area contributed by atoms with Gasteiger partial charge in [-0.15, -0.1) is 0 Å². The Labute approximate surface area is 105 Å². The maximum Gasteiger partial charge on any atom is 0.162 e. The van der Waals surface area contributed by atoms with E-state index < -0.39 is 0 Å². The summed E-state index contributed by atoms with van der Waals surface area (Å²) in [6.45, 7) is 3.90. The molecule has 2 heterocycles. The van der Waals surface area contributed by atoms with Crippen molar-refractivity contribution in [1.82, 2.24) is 19.7 Å². The summed E-state index contributed by atoms with van der Waals surface area (Å²) >= 11 is 0. The molecule has 0 saturated heterocycles. The highest BCUT2D eigenvalue weighted by molar-refractivity contribution is 5.51. The molecule has 2 aromatic rings.